The van der Waals surface area contributed by atoms with Crippen LogP contribution < -0.4 is 5.32 Å². The molecule has 0 amide bonds. The van der Waals surface area contributed by atoms with Gasteiger partial charge in [-0.05, 0) is 0 Å². The standard InChI is InChI=1S/C7H8N2S/c1-2-3-4-8-7-9-5-6-10-7/h1,5-6H,3-4H2,(H,8,9). The molecule has 0 aliphatic heterocycles. The van der Waals surface area contributed by atoms with E-state index in [1.165, 1.54) is 0 Å². The van der Waals surface area contributed by atoms with Crippen molar-refractivity contribution in [2.45, 2.75) is 6.42 Å². The van der Waals surface area contributed by atoms with Crippen LogP contribution in [0.25, 0.3) is 0 Å². The Labute approximate surface area is 64.3 Å². The third-order valence-corrected chi connectivity index (χ3v) is 1.71. The van der Waals surface area contributed by atoms with Gasteiger partial charge in [0.2, 0.25) is 0 Å². The molecule has 0 aliphatic rings. The summed E-state index contributed by atoms with van der Waals surface area (Å²) in [5, 5.41) is 5.96. The highest BCUT2D eigenvalue weighted by Gasteiger charge is 1.89. The minimum atomic E-state index is 0.750. The predicted octanol–water partition coefficient (Wildman–Crippen LogP) is 1.58. The molecule has 2 nitrogen and oxygen atoms in total. The van der Waals surface area contributed by atoms with E-state index in [0.717, 1.165) is 18.1 Å². The summed E-state index contributed by atoms with van der Waals surface area (Å²) in [5.41, 5.74) is 0. The number of anilines is 1. The second-order valence-corrected chi connectivity index (χ2v) is 2.61. The van der Waals surface area contributed by atoms with Gasteiger partial charge < -0.3 is 5.32 Å². The zero-order valence-corrected chi connectivity index (χ0v) is 6.32. The zero-order valence-electron chi connectivity index (χ0n) is 5.50. The smallest absolute Gasteiger partial charge is 0.182 e. The van der Waals surface area contributed by atoms with Gasteiger partial charge in [-0.1, -0.05) is 0 Å². The van der Waals surface area contributed by atoms with Crippen molar-refractivity contribution in [2.75, 3.05) is 11.9 Å². The molecule has 0 unspecified atom stereocenters. The lowest BCUT2D eigenvalue weighted by Crippen LogP contribution is -1.98. The molecular weight excluding hydrogens is 144 g/mol. The Balaban J connectivity index is 2.23. The molecule has 0 atom stereocenters. The maximum atomic E-state index is 5.06. The van der Waals surface area contributed by atoms with Crippen LogP contribution in [-0.4, -0.2) is 11.5 Å². The largest absolute Gasteiger partial charge is 0.361 e. The Morgan fingerprint density at radius 1 is 1.80 bits per heavy atom. The van der Waals surface area contributed by atoms with Crippen molar-refractivity contribution in [1.82, 2.24) is 4.98 Å². The number of rotatable bonds is 3. The fourth-order valence-electron chi connectivity index (χ4n) is 0.552. The number of nitrogens with one attached hydrogen (secondary N) is 1. The lowest BCUT2D eigenvalue weighted by Gasteiger charge is -1.95. The molecular formula is C7H8N2S. The predicted molar refractivity (Wildman–Crippen MR) is 44.1 cm³/mol. The van der Waals surface area contributed by atoms with Crippen molar-refractivity contribution in [1.29, 1.82) is 0 Å². The van der Waals surface area contributed by atoms with Crippen molar-refractivity contribution < 1.29 is 0 Å². The quantitative estimate of drug-likeness (QED) is 0.525. The van der Waals surface area contributed by atoms with Crippen LogP contribution in [0.15, 0.2) is 11.6 Å². The van der Waals surface area contributed by atoms with Gasteiger partial charge in [-0.2, -0.15) is 0 Å². The minimum absolute atomic E-state index is 0.750. The first-order chi connectivity index (χ1) is 4.93. The summed E-state index contributed by atoms with van der Waals surface area (Å²) in [7, 11) is 0. The highest BCUT2D eigenvalue weighted by molar-refractivity contribution is 7.13. The first kappa shape index (κ1) is 7.10. The Kier molecular flexibility index (Phi) is 2.78. The molecule has 52 valence electrons. The van der Waals surface area contributed by atoms with Crippen LogP contribution in [0.2, 0.25) is 0 Å². The van der Waals surface area contributed by atoms with Gasteiger partial charge in [-0.15, -0.1) is 23.7 Å². The monoisotopic (exact) mass is 152 g/mol. The third-order valence-electron chi connectivity index (χ3n) is 0.978. The first-order valence-corrected chi connectivity index (χ1v) is 3.88. The van der Waals surface area contributed by atoms with Crippen molar-refractivity contribution in [3.05, 3.63) is 11.6 Å². The van der Waals surface area contributed by atoms with E-state index >= 15 is 0 Å². The van der Waals surface area contributed by atoms with Crippen molar-refractivity contribution in [3.8, 4) is 12.3 Å². The molecule has 3 heteroatoms. The summed E-state index contributed by atoms with van der Waals surface area (Å²) in [6.45, 7) is 0.810. The highest BCUT2D eigenvalue weighted by Crippen LogP contribution is 2.09. The van der Waals surface area contributed by atoms with Crippen LogP contribution in [-0.2, 0) is 0 Å². The van der Waals surface area contributed by atoms with Crippen LogP contribution in [0.3, 0.4) is 0 Å². The molecule has 1 aromatic rings. The molecule has 0 aliphatic carbocycles. The average Bonchev–Trinajstić information content (AvgIpc) is 2.41. The Bertz CT molecular complexity index is 210. The second kappa shape index (κ2) is 3.91. The molecule has 0 aromatic carbocycles. The second-order valence-electron chi connectivity index (χ2n) is 1.72. The van der Waals surface area contributed by atoms with Gasteiger partial charge in [-0.25, -0.2) is 4.98 Å². The normalized spacial score (nSPS) is 8.70. The maximum Gasteiger partial charge on any atom is 0.182 e. The molecule has 0 bridgehead atoms. The van der Waals surface area contributed by atoms with Gasteiger partial charge >= 0.3 is 0 Å². The topological polar surface area (TPSA) is 24.9 Å². The molecule has 0 saturated carbocycles. The summed E-state index contributed by atoms with van der Waals surface area (Å²) in [6, 6.07) is 0. The third kappa shape index (κ3) is 2.08. The van der Waals surface area contributed by atoms with E-state index in [2.05, 4.69) is 16.2 Å². The van der Waals surface area contributed by atoms with Crippen LogP contribution in [0.5, 0.6) is 0 Å². The summed E-state index contributed by atoms with van der Waals surface area (Å²) in [6.07, 6.45) is 7.58. The fourth-order valence-corrected chi connectivity index (χ4v) is 1.11. The maximum absolute atomic E-state index is 5.06. The van der Waals surface area contributed by atoms with E-state index in [9.17, 15) is 0 Å². The van der Waals surface area contributed by atoms with Crippen molar-refractivity contribution >= 4 is 16.5 Å². The van der Waals surface area contributed by atoms with Crippen LogP contribution in [0, 0.1) is 12.3 Å². The Morgan fingerprint density at radius 2 is 2.70 bits per heavy atom. The van der Waals surface area contributed by atoms with Gasteiger partial charge in [-0.3, -0.25) is 0 Å². The molecule has 1 rings (SSSR count). The number of hydrogen-bond acceptors (Lipinski definition) is 3. The number of aromatic nitrogens is 1. The summed E-state index contributed by atoms with van der Waals surface area (Å²) in [4.78, 5) is 4.03. The van der Waals surface area contributed by atoms with E-state index in [1.807, 2.05) is 5.38 Å². The van der Waals surface area contributed by atoms with Gasteiger partial charge in [0.15, 0.2) is 5.13 Å². The summed E-state index contributed by atoms with van der Waals surface area (Å²) >= 11 is 1.58. The summed E-state index contributed by atoms with van der Waals surface area (Å²) in [5.74, 6) is 2.54. The van der Waals surface area contributed by atoms with Gasteiger partial charge in [0, 0.05) is 24.5 Å². The van der Waals surface area contributed by atoms with Crippen LogP contribution >= 0.6 is 11.3 Å². The molecule has 1 aromatic heterocycles. The van der Waals surface area contributed by atoms with E-state index in [-0.39, 0.29) is 0 Å². The van der Waals surface area contributed by atoms with Gasteiger partial charge in [0.1, 0.15) is 0 Å². The van der Waals surface area contributed by atoms with Gasteiger partial charge in [0.05, 0.1) is 0 Å². The lowest BCUT2D eigenvalue weighted by molar-refractivity contribution is 1.09. The number of nitrogens with zero attached hydrogens (tertiary/aromatic N) is 1. The molecule has 0 spiro atoms. The number of hydrogen-bond donors (Lipinski definition) is 1. The van der Waals surface area contributed by atoms with E-state index < -0.39 is 0 Å². The summed E-state index contributed by atoms with van der Waals surface area (Å²) < 4.78 is 0. The fraction of sp³-hybridized carbons (Fsp3) is 0.286. The SMILES string of the molecule is C#CCCNc1nccs1. The number of terminal acetylenes is 1. The molecule has 0 saturated heterocycles. The lowest BCUT2D eigenvalue weighted by atomic mass is 10.4. The average molecular weight is 152 g/mol. The van der Waals surface area contributed by atoms with Crippen LogP contribution in [0.4, 0.5) is 5.13 Å². The molecule has 0 radical (unpaired) electrons. The molecule has 1 heterocycles. The first-order valence-electron chi connectivity index (χ1n) is 3.00. The van der Waals surface area contributed by atoms with Crippen molar-refractivity contribution in [2.24, 2.45) is 0 Å². The molecule has 10 heavy (non-hydrogen) atoms. The molecule has 0 fully saturated rings. The van der Waals surface area contributed by atoms with E-state index in [0.29, 0.717) is 0 Å². The van der Waals surface area contributed by atoms with E-state index in [1.54, 1.807) is 17.5 Å². The Morgan fingerprint density at radius 3 is 3.30 bits per heavy atom. The van der Waals surface area contributed by atoms with Crippen molar-refractivity contribution in [3.63, 3.8) is 0 Å². The Hall–Kier alpha value is -1.01. The zero-order chi connectivity index (χ0) is 7.23. The minimum Gasteiger partial charge on any atom is -0.361 e. The van der Waals surface area contributed by atoms with Crippen LogP contribution in [0.1, 0.15) is 6.42 Å². The number of thiazole rings is 1. The molecule has 1 N–H and O–H groups in total. The van der Waals surface area contributed by atoms with E-state index in [4.69, 9.17) is 6.42 Å². The van der Waals surface area contributed by atoms with Gasteiger partial charge in [0.25, 0.3) is 0 Å². The highest BCUT2D eigenvalue weighted by atomic mass is 32.1.